The number of rotatable bonds is 3. The van der Waals surface area contributed by atoms with Crippen molar-refractivity contribution in [1.29, 1.82) is 0 Å². The van der Waals surface area contributed by atoms with Gasteiger partial charge in [0.1, 0.15) is 12.6 Å². The maximum Gasteiger partial charge on any atom is 0.326 e. The Hall–Kier alpha value is -2.70. The highest BCUT2D eigenvalue weighted by Gasteiger charge is 2.34. The van der Waals surface area contributed by atoms with E-state index in [-0.39, 0.29) is 23.9 Å². The zero-order chi connectivity index (χ0) is 17.3. The number of fused-ring (bicyclic) bond motifs is 1. The molecule has 1 aliphatic rings. The predicted octanol–water partition coefficient (Wildman–Crippen LogP) is 1.11. The van der Waals surface area contributed by atoms with Crippen LogP contribution in [-0.2, 0) is 16.1 Å². The number of benzene rings is 1. The monoisotopic (exact) mass is 329 g/mol. The minimum absolute atomic E-state index is 0.200. The van der Waals surface area contributed by atoms with E-state index in [0.717, 1.165) is 6.42 Å². The third kappa shape index (κ3) is 3.02. The highest BCUT2D eigenvalue weighted by atomic mass is 16.4. The van der Waals surface area contributed by atoms with Crippen LogP contribution in [0.25, 0.3) is 10.9 Å². The van der Waals surface area contributed by atoms with E-state index >= 15 is 0 Å². The molecule has 24 heavy (non-hydrogen) atoms. The van der Waals surface area contributed by atoms with E-state index in [2.05, 4.69) is 4.98 Å². The predicted molar refractivity (Wildman–Crippen MR) is 87.5 cm³/mol. The normalized spacial score (nSPS) is 21.0. The number of para-hydroxylation sites is 1. The highest BCUT2D eigenvalue weighted by Crippen LogP contribution is 2.23. The molecule has 1 aliphatic heterocycles. The summed E-state index contributed by atoms with van der Waals surface area (Å²) in [4.78, 5) is 42.0. The number of amides is 1. The lowest BCUT2D eigenvalue weighted by Crippen LogP contribution is -2.51. The summed E-state index contributed by atoms with van der Waals surface area (Å²) in [6, 6.07) is 6.09. The molecule has 7 heteroatoms. The highest BCUT2D eigenvalue weighted by molar-refractivity contribution is 5.84. The molecule has 1 N–H and O–H groups in total. The van der Waals surface area contributed by atoms with Gasteiger partial charge in [0.15, 0.2) is 0 Å². The molecule has 2 aromatic rings. The van der Waals surface area contributed by atoms with Gasteiger partial charge in [0.05, 0.1) is 17.2 Å². The summed E-state index contributed by atoms with van der Waals surface area (Å²) in [6.45, 7) is 2.18. The van der Waals surface area contributed by atoms with E-state index < -0.39 is 12.0 Å². The number of carbonyl (C=O) groups excluding carboxylic acids is 1. The standard InChI is InChI=1S/C17H19N3O4/c1-11-6-7-20(14(8-11)17(23)24)15(21)9-19-10-18-13-5-3-2-4-12(13)16(19)22/h2-5,10-11,14H,6-9H2,1H3,(H,23,24). The number of carbonyl (C=O) groups is 2. The molecule has 7 nitrogen and oxygen atoms in total. The molecule has 1 fully saturated rings. The van der Waals surface area contributed by atoms with Crippen molar-refractivity contribution in [3.05, 3.63) is 40.9 Å². The van der Waals surface area contributed by atoms with Crippen molar-refractivity contribution >= 4 is 22.8 Å². The second kappa shape index (κ2) is 6.43. The van der Waals surface area contributed by atoms with Crippen molar-refractivity contribution in [3.63, 3.8) is 0 Å². The number of piperidine rings is 1. The van der Waals surface area contributed by atoms with Crippen LogP contribution in [0.3, 0.4) is 0 Å². The average Bonchev–Trinajstić information content (AvgIpc) is 2.57. The molecule has 1 amide bonds. The number of aromatic nitrogens is 2. The number of hydrogen-bond acceptors (Lipinski definition) is 4. The first-order valence-electron chi connectivity index (χ1n) is 7.94. The smallest absolute Gasteiger partial charge is 0.326 e. The van der Waals surface area contributed by atoms with Gasteiger partial charge in [0.2, 0.25) is 5.91 Å². The fourth-order valence-corrected chi connectivity index (χ4v) is 3.13. The summed E-state index contributed by atoms with van der Waals surface area (Å²) in [6.07, 6.45) is 2.54. The van der Waals surface area contributed by atoms with Crippen LogP contribution in [0.4, 0.5) is 0 Å². The van der Waals surface area contributed by atoms with Gasteiger partial charge in [-0.3, -0.25) is 14.2 Å². The Morgan fingerprint density at radius 3 is 2.83 bits per heavy atom. The van der Waals surface area contributed by atoms with Gasteiger partial charge in [-0.25, -0.2) is 9.78 Å². The van der Waals surface area contributed by atoms with Crippen molar-refractivity contribution in [1.82, 2.24) is 14.5 Å². The molecule has 126 valence electrons. The Bertz CT molecular complexity index is 845. The summed E-state index contributed by atoms with van der Waals surface area (Å²) in [5.74, 6) is -1.10. The van der Waals surface area contributed by atoms with Crippen molar-refractivity contribution in [2.24, 2.45) is 5.92 Å². The lowest BCUT2D eigenvalue weighted by Gasteiger charge is -2.36. The van der Waals surface area contributed by atoms with E-state index in [9.17, 15) is 19.5 Å². The Balaban J connectivity index is 1.85. The number of nitrogens with zero attached hydrogens (tertiary/aromatic N) is 3. The average molecular weight is 329 g/mol. The van der Waals surface area contributed by atoms with Gasteiger partial charge in [-0.1, -0.05) is 19.1 Å². The Kier molecular flexibility index (Phi) is 4.33. The summed E-state index contributed by atoms with van der Waals surface area (Å²) in [7, 11) is 0. The summed E-state index contributed by atoms with van der Waals surface area (Å²) >= 11 is 0. The zero-order valence-electron chi connectivity index (χ0n) is 13.4. The van der Waals surface area contributed by atoms with Crippen molar-refractivity contribution in [2.75, 3.05) is 6.54 Å². The Morgan fingerprint density at radius 1 is 1.33 bits per heavy atom. The van der Waals surface area contributed by atoms with Gasteiger partial charge in [-0.2, -0.15) is 0 Å². The van der Waals surface area contributed by atoms with Crippen LogP contribution >= 0.6 is 0 Å². The molecule has 0 saturated carbocycles. The van der Waals surface area contributed by atoms with E-state index in [1.807, 2.05) is 6.92 Å². The quantitative estimate of drug-likeness (QED) is 0.910. The molecule has 1 saturated heterocycles. The molecule has 2 unspecified atom stereocenters. The Morgan fingerprint density at radius 2 is 2.08 bits per heavy atom. The molecule has 0 spiro atoms. The molecular weight excluding hydrogens is 310 g/mol. The molecular formula is C17H19N3O4. The van der Waals surface area contributed by atoms with E-state index in [1.54, 1.807) is 24.3 Å². The third-order valence-corrected chi connectivity index (χ3v) is 4.51. The largest absolute Gasteiger partial charge is 0.480 e. The van der Waals surface area contributed by atoms with Crippen LogP contribution in [0.1, 0.15) is 19.8 Å². The molecule has 0 bridgehead atoms. The molecule has 1 aromatic heterocycles. The maximum atomic E-state index is 12.6. The summed E-state index contributed by atoms with van der Waals surface area (Å²) in [5.41, 5.74) is 0.271. The van der Waals surface area contributed by atoms with Crippen molar-refractivity contribution in [2.45, 2.75) is 32.4 Å². The Labute approximate surface area is 138 Å². The summed E-state index contributed by atoms with van der Waals surface area (Å²) < 4.78 is 1.24. The third-order valence-electron chi connectivity index (χ3n) is 4.51. The van der Waals surface area contributed by atoms with E-state index in [0.29, 0.717) is 23.9 Å². The lowest BCUT2D eigenvalue weighted by molar-refractivity contribution is -0.153. The number of likely N-dealkylation sites (tertiary alicyclic amines) is 1. The number of carboxylic acids is 1. The fourth-order valence-electron chi connectivity index (χ4n) is 3.13. The molecule has 1 aromatic carbocycles. The minimum atomic E-state index is -1.00. The molecule has 2 heterocycles. The van der Waals surface area contributed by atoms with Gasteiger partial charge >= 0.3 is 5.97 Å². The van der Waals surface area contributed by atoms with E-state index in [4.69, 9.17) is 0 Å². The first kappa shape index (κ1) is 16.2. The first-order valence-corrected chi connectivity index (χ1v) is 7.94. The van der Waals surface area contributed by atoms with E-state index in [1.165, 1.54) is 15.8 Å². The molecule has 3 rings (SSSR count). The number of carboxylic acid groups (broad SMARTS) is 1. The maximum absolute atomic E-state index is 12.6. The molecule has 2 atom stereocenters. The number of aliphatic carboxylic acids is 1. The SMILES string of the molecule is CC1CCN(C(=O)Cn2cnc3ccccc3c2=O)C(C(=O)O)C1. The number of hydrogen-bond donors (Lipinski definition) is 1. The van der Waals surface area contributed by atoms with Gasteiger partial charge in [-0.15, -0.1) is 0 Å². The van der Waals surface area contributed by atoms with Crippen molar-refractivity contribution < 1.29 is 14.7 Å². The topological polar surface area (TPSA) is 92.5 Å². The second-order valence-corrected chi connectivity index (χ2v) is 6.27. The minimum Gasteiger partial charge on any atom is -0.480 e. The van der Waals surface area contributed by atoms with Crippen LogP contribution < -0.4 is 5.56 Å². The zero-order valence-corrected chi connectivity index (χ0v) is 13.4. The van der Waals surface area contributed by atoms with Crippen molar-refractivity contribution in [3.8, 4) is 0 Å². The lowest BCUT2D eigenvalue weighted by atomic mass is 9.92. The van der Waals surface area contributed by atoms with Gasteiger partial charge < -0.3 is 10.0 Å². The second-order valence-electron chi connectivity index (χ2n) is 6.27. The van der Waals surface area contributed by atoms with Crippen LogP contribution in [0.2, 0.25) is 0 Å². The van der Waals surface area contributed by atoms with Crippen LogP contribution in [0.5, 0.6) is 0 Å². The van der Waals surface area contributed by atoms with Crippen LogP contribution in [-0.4, -0.2) is 44.0 Å². The van der Waals surface area contributed by atoms with Gasteiger partial charge in [0.25, 0.3) is 5.56 Å². The molecule has 0 aliphatic carbocycles. The van der Waals surface area contributed by atoms with Crippen LogP contribution in [0.15, 0.2) is 35.4 Å². The first-order chi connectivity index (χ1) is 11.5. The molecule has 0 radical (unpaired) electrons. The van der Waals surface area contributed by atoms with Gasteiger partial charge in [-0.05, 0) is 30.9 Å². The van der Waals surface area contributed by atoms with Gasteiger partial charge in [0, 0.05) is 6.54 Å². The van der Waals surface area contributed by atoms with Crippen LogP contribution in [0, 0.1) is 5.92 Å². The summed E-state index contributed by atoms with van der Waals surface area (Å²) in [5, 5.41) is 9.80. The fraction of sp³-hybridized carbons (Fsp3) is 0.412.